The van der Waals surface area contributed by atoms with Gasteiger partial charge in [0.2, 0.25) is 0 Å². The maximum Gasteiger partial charge on any atom is 0.262 e. The summed E-state index contributed by atoms with van der Waals surface area (Å²) in [4.78, 5) is 25.3. The molecule has 0 saturated carbocycles. The fourth-order valence-electron chi connectivity index (χ4n) is 3.14. The number of ether oxygens (including phenoxy) is 3. The van der Waals surface area contributed by atoms with Gasteiger partial charge in [-0.2, -0.15) is 0 Å². The van der Waals surface area contributed by atoms with E-state index in [4.69, 9.17) is 14.2 Å². The number of carbonyl (C=O) groups is 2. The number of benzene rings is 3. The fraction of sp³-hybridized carbons (Fsp3) is 0.154. The molecule has 7 heteroatoms. The van der Waals surface area contributed by atoms with Crippen molar-refractivity contribution in [2.45, 2.75) is 6.42 Å². The number of hydrogen-bond donors (Lipinski definition) is 2. The summed E-state index contributed by atoms with van der Waals surface area (Å²) in [5.74, 6) is 0.831. The number of anilines is 2. The number of nitrogens with one attached hydrogen (secondary N) is 2. The molecule has 0 bridgehead atoms. The van der Waals surface area contributed by atoms with Gasteiger partial charge in [0.1, 0.15) is 5.75 Å². The molecule has 0 aromatic heterocycles. The van der Waals surface area contributed by atoms with Gasteiger partial charge in [-0.25, -0.2) is 0 Å². The first kappa shape index (κ1) is 23.4. The highest BCUT2D eigenvalue weighted by atomic mass is 16.5. The normalized spacial score (nSPS) is 10.1. The van der Waals surface area contributed by atoms with Crippen LogP contribution in [0.5, 0.6) is 17.2 Å². The first-order valence-electron chi connectivity index (χ1n) is 10.3. The fourth-order valence-corrected chi connectivity index (χ4v) is 3.14. The third-order valence-corrected chi connectivity index (χ3v) is 4.74. The molecular formula is C26H26N2O5. The second-order valence-electron chi connectivity index (χ2n) is 7.05. The van der Waals surface area contributed by atoms with E-state index in [-0.39, 0.29) is 12.5 Å². The maximum absolute atomic E-state index is 12.8. The molecule has 2 amide bonds. The lowest BCUT2D eigenvalue weighted by Gasteiger charge is -2.14. The Labute approximate surface area is 193 Å². The minimum Gasteiger partial charge on any atom is -0.497 e. The van der Waals surface area contributed by atoms with Crippen LogP contribution in [0.1, 0.15) is 15.9 Å². The molecule has 0 saturated heterocycles. The Bertz CT molecular complexity index is 1140. The van der Waals surface area contributed by atoms with Crippen LogP contribution < -0.4 is 24.8 Å². The molecule has 0 aliphatic heterocycles. The van der Waals surface area contributed by atoms with Crippen LogP contribution in [0.2, 0.25) is 0 Å². The van der Waals surface area contributed by atoms with Gasteiger partial charge in [0, 0.05) is 11.8 Å². The van der Waals surface area contributed by atoms with Crippen molar-refractivity contribution in [1.29, 1.82) is 0 Å². The number of methoxy groups -OCH3 is 2. The van der Waals surface area contributed by atoms with E-state index in [0.29, 0.717) is 40.6 Å². The summed E-state index contributed by atoms with van der Waals surface area (Å²) in [5, 5.41) is 5.55. The third kappa shape index (κ3) is 6.36. The molecule has 0 radical (unpaired) electrons. The van der Waals surface area contributed by atoms with E-state index in [2.05, 4.69) is 17.2 Å². The molecule has 0 atom stereocenters. The van der Waals surface area contributed by atoms with Crippen LogP contribution in [-0.2, 0) is 11.2 Å². The summed E-state index contributed by atoms with van der Waals surface area (Å²) in [6.07, 6.45) is 2.50. The minimum absolute atomic E-state index is 0.247. The molecule has 33 heavy (non-hydrogen) atoms. The van der Waals surface area contributed by atoms with E-state index in [9.17, 15) is 9.59 Å². The standard InChI is InChI=1S/C26H26N2O5/c1-4-8-18-13-14-23(24(15-18)32-3)33-17-25(29)28-22-12-6-5-11-21(22)26(30)27-19-9-7-10-20(16-19)31-2/h4-7,9-16H,1,8,17H2,2-3H3,(H,27,30)(H,28,29). The second-order valence-corrected chi connectivity index (χ2v) is 7.05. The Morgan fingerprint density at radius 3 is 2.48 bits per heavy atom. The van der Waals surface area contributed by atoms with Crippen LogP contribution in [0, 0.1) is 0 Å². The van der Waals surface area contributed by atoms with Gasteiger partial charge in [-0.3, -0.25) is 9.59 Å². The molecule has 2 N–H and O–H groups in total. The first-order valence-corrected chi connectivity index (χ1v) is 10.3. The molecule has 7 nitrogen and oxygen atoms in total. The lowest BCUT2D eigenvalue weighted by atomic mass is 10.1. The summed E-state index contributed by atoms with van der Waals surface area (Å²) in [7, 11) is 3.09. The van der Waals surface area contributed by atoms with Crippen molar-refractivity contribution in [3.05, 3.63) is 90.5 Å². The zero-order valence-corrected chi connectivity index (χ0v) is 18.6. The lowest BCUT2D eigenvalue weighted by molar-refractivity contribution is -0.118. The predicted octanol–water partition coefficient (Wildman–Crippen LogP) is 4.70. The average molecular weight is 447 g/mol. The topological polar surface area (TPSA) is 85.9 Å². The Morgan fingerprint density at radius 2 is 1.73 bits per heavy atom. The second kappa shape index (κ2) is 11.4. The molecule has 0 spiro atoms. The van der Waals surface area contributed by atoms with Crippen molar-refractivity contribution < 1.29 is 23.8 Å². The predicted molar refractivity (Wildman–Crippen MR) is 128 cm³/mol. The summed E-state index contributed by atoms with van der Waals surface area (Å²) >= 11 is 0. The van der Waals surface area contributed by atoms with Gasteiger partial charge < -0.3 is 24.8 Å². The van der Waals surface area contributed by atoms with E-state index in [1.54, 1.807) is 67.8 Å². The number of carbonyl (C=O) groups excluding carboxylic acids is 2. The first-order chi connectivity index (χ1) is 16.0. The quantitative estimate of drug-likeness (QED) is 0.441. The van der Waals surface area contributed by atoms with Gasteiger partial charge in [0.15, 0.2) is 18.1 Å². The summed E-state index contributed by atoms with van der Waals surface area (Å²) in [6, 6.07) is 19.2. The number of allylic oxidation sites excluding steroid dienone is 1. The van der Waals surface area contributed by atoms with Crippen molar-refractivity contribution >= 4 is 23.2 Å². The molecular weight excluding hydrogens is 420 g/mol. The number of amides is 2. The molecule has 0 aliphatic rings. The van der Waals surface area contributed by atoms with Crippen LogP contribution in [0.4, 0.5) is 11.4 Å². The van der Waals surface area contributed by atoms with Gasteiger partial charge in [-0.1, -0.05) is 30.3 Å². The summed E-state index contributed by atoms with van der Waals surface area (Å²) in [5.41, 5.74) is 2.30. The van der Waals surface area contributed by atoms with Gasteiger partial charge >= 0.3 is 0 Å². The third-order valence-electron chi connectivity index (χ3n) is 4.74. The molecule has 0 heterocycles. The van der Waals surface area contributed by atoms with E-state index in [1.165, 1.54) is 7.11 Å². The Balaban J connectivity index is 1.66. The Hall–Kier alpha value is -4.26. The molecule has 3 aromatic rings. The summed E-state index contributed by atoms with van der Waals surface area (Å²) in [6.45, 7) is 3.48. The van der Waals surface area contributed by atoms with Crippen LogP contribution in [-0.4, -0.2) is 32.6 Å². The van der Waals surface area contributed by atoms with E-state index >= 15 is 0 Å². The lowest BCUT2D eigenvalue weighted by Crippen LogP contribution is -2.23. The van der Waals surface area contributed by atoms with Crippen molar-refractivity contribution in [3.8, 4) is 17.2 Å². The highest BCUT2D eigenvalue weighted by Crippen LogP contribution is 2.28. The number of hydrogen-bond acceptors (Lipinski definition) is 5. The molecule has 0 unspecified atom stereocenters. The summed E-state index contributed by atoms with van der Waals surface area (Å²) < 4.78 is 16.2. The molecule has 3 rings (SSSR count). The monoisotopic (exact) mass is 446 g/mol. The Morgan fingerprint density at radius 1 is 0.909 bits per heavy atom. The molecule has 0 aliphatic carbocycles. The van der Waals surface area contributed by atoms with Crippen molar-refractivity contribution in [1.82, 2.24) is 0 Å². The van der Waals surface area contributed by atoms with Crippen molar-refractivity contribution in [2.24, 2.45) is 0 Å². The number of rotatable bonds is 10. The van der Waals surface area contributed by atoms with Gasteiger partial charge in [-0.05, 0) is 48.4 Å². The highest BCUT2D eigenvalue weighted by molar-refractivity contribution is 6.10. The van der Waals surface area contributed by atoms with Gasteiger partial charge in [-0.15, -0.1) is 6.58 Å². The highest BCUT2D eigenvalue weighted by Gasteiger charge is 2.15. The van der Waals surface area contributed by atoms with Crippen molar-refractivity contribution in [2.75, 3.05) is 31.5 Å². The average Bonchev–Trinajstić information content (AvgIpc) is 2.83. The molecule has 3 aromatic carbocycles. The van der Waals surface area contributed by atoms with E-state index < -0.39 is 5.91 Å². The Kier molecular flexibility index (Phi) is 8.07. The largest absolute Gasteiger partial charge is 0.497 e. The van der Waals surface area contributed by atoms with Crippen LogP contribution in [0.3, 0.4) is 0 Å². The van der Waals surface area contributed by atoms with Crippen molar-refractivity contribution in [3.63, 3.8) is 0 Å². The smallest absolute Gasteiger partial charge is 0.262 e. The van der Waals surface area contributed by atoms with Crippen LogP contribution in [0.25, 0.3) is 0 Å². The number of para-hydroxylation sites is 1. The molecule has 170 valence electrons. The van der Waals surface area contributed by atoms with Crippen LogP contribution in [0.15, 0.2) is 79.4 Å². The van der Waals surface area contributed by atoms with E-state index in [1.807, 2.05) is 12.1 Å². The molecule has 0 fully saturated rings. The zero-order chi connectivity index (χ0) is 23.6. The zero-order valence-electron chi connectivity index (χ0n) is 18.6. The maximum atomic E-state index is 12.8. The van der Waals surface area contributed by atoms with Gasteiger partial charge in [0.25, 0.3) is 11.8 Å². The SMILES string of the molecule is C=CCc1ccc(OCC(=O)Nc2ccccc2C(=O)Nc2cccc(OC)c2)c(OC)c1. The van der Waals surface area contributed by atoms with Crippen LogP contribution >= 0.6 is 0 Å². The minimum atomic E-state index is -0.408. The van der Waals surface area contributed by atoms with Gasteiger partial charge in [0.05, 0.1) is 25.5 Å². The van der Waals surface area contributed by atoms with E-state index in [0.717, 1.165) is 5.56 Å².